The van der Waals surface area contributed by atoms with Gasteiger partial charge in [-0.2, -0.15) is 0 Å². The predicted octanol–water partition coefficient (Wildman–Crippen LogP) is 3.95. The third kappa shape index (κ3) is 6.44. The molecule has 0 aromatic rings. The molecule has 2 aliphatic carbocycles. The van der Waals surface area contributed by atoms with Gasteiger partial charge in [0.25, 0.3) is 0 Å². The van der Waals surface area contributed by atoms with Gasteiger partial charge in [0.2, 0.25) is 5.91 Å². The average Bonchev–Trinajstić information content (AvgIpc) is 2.43. The highest BCUT2D eigenvalue weighted by Gasteiger charge is 2.27. The van der Waals surface area contributed by atoms with E-state index in [2.05, 4.69) is 5.32 Å². The standard InChI is InChI=1S/C18H33NO3S/c20-18(16-11-7-3-1-4-8-12-16)19-15-23(21,22)17-13-9-5-2-6-10-14-17/h16-17H,1-15H2,(H,19,20). The number of nitrogens with one attached hydrogen (secondary N) is 1. The van der Waals surface area contributed by atoms with Crippen molar-refractivity contribution >= 4 is 15.7 Å². The predicted molar refractivity (Wildman–Crippen MR) is 93.8 cm³/mol. The lowest BCUT2D eigenvalue weighted by Gasteiger charge is -2.22. The Labute approximate surface area is 141 Å². The summed E-state index contributed by atoms with van der Waals surface area (Å²) >= 11 is 0. The second-order valence-electron chi connectivity index (χ2n) is 7.36. The summed E-state index contributed by atoms with van der Waals surface area (Å²) in [4.78, 5) is 12.3. The summed E-state index contributed by atoms with van der Waals surface area (Å²) in [6.45, 7) is 0. The van der Waals surface area contributed by atoms with Gasteiger partial charge >= 0.3 is 0 Å². The van der Waals surface area contributed by atoms with Crippen LogP contribution in [0.5, 0.6) is 0 Å². The Kier molecular flexibility index (Phi) is 7.87. The van der Waals surface area contributed by atoms with Crippen molar-refractivity contribution in [2.75, 3.05) is 5.88 Å². The Morgan fingerprint density at radius 3 is 1.70 bits per heavy atom. The first-order valence-corrected chi connectivity index (χ1v) is 11.3. The molecular weight excluding hydrogens is 310 g/mol. The summed E-state index contributed by atoms with van der Waals surface area (Å²) in [6.07, 6.45) is 14.7. The van der Waals surface area contributed by atoms with Crippen LogP contribution in [0.25, 0.3) is 0 Å². The van der Waals surface area contributed by atoms with Gasteiger partial charge in [-0.3, -0.25) is 4.79 Å². The number of rotatable bonds is 4. The van der Waals surface area contributed by atoms with Gasteiger partial charge in [0.15, 0.2) is 9.84 Å². The van der Waals surface area contributed by atoms with Gasteiger partial charge in [0.1, 0.15) is 5.88 Å². The highest BCUT2D eigenvalue weighted by atomic mass is 32.2. The van der Waals surface area contributed by atoms with E-state index in [0.29, 0.717) is 0 Å². The van der Waals surface area contributed by atoms with E-state index in [4.69, 9.17) is 0 Å². The van der Waals surface area contributed by atoms with Gasteiger partial charge in [-0.15, -0.1) is 0 Å². The fourth-order valence-corrected chi connectivity index (χ4v) is 5.56. The van der Waals surface area contributed by atoms with Gasteiger partial charge in [0, 0.05) is 5.92 Å². The number of hydrogen-bond donors (Lipinski definition) is 1. The van der Waals surface area contributed by atoms with E-state index in [-0.39, 0.29) is 23.0 Å². The summed E-state index contributed by atoms with van der Waals surface area (Å²) in [7, 11) is -3.20. The van der Waals surface area contributed by atoms with Crippen LogP contribution in [0.3, 0.4) is 0 Å². The summed E-state index contributed by atoms with van der Waals surface area (Å²) in [6, 6.07) is 0. The number of carbonyl (C=O) groups is 1. The number of amides is 1. The SMILES string of the molecule is O=C(NCS(=O)(=O)C1CCCCCCC1)C1CCCCCCC1. The zero-order valence-electron chi connectivity index (χ0n) is 14.4. The average molecular weight is 344 g/mol. The molecule has 0 aromatic heterocycles. The van der Waals surface area contributed by atoms with E-state index >= 15 is 0 Å². The molecule has 4 nitrogen and oxygen atoms in total. The fourth-order valence-electron chi connectivity index (χ4n) is 3.93. The smallest absolute Gasteiger partial charge is 0.223 e. The van der Waals surface area contributed by atoms with E-state index in [9.17, 15) is 13.2 Å². The first-order valence-electron chi connectivity index (χ1n) is 9.59. The first kappa shape index (κ1) is 18.8. The molecule has 2 saturated carbocycles. The molecule has 2 rings (SSSR count). The van der Waals surface area contributed by atoms with Crippen LogP contribution in [-0.4, -0.2) is 25.5 Å². The van der Waals surface area contributed by atoms with Crippen LogP contribution in [0, 0.1) is 5.92 Å². The zero-order chi connectivity index (χ0) is 16.5. The number of hydrogen-bond acceptors (Lipinski definition) is 3. The molecule has 0 aliphatic heterocycles. The van der Waals surface area contributed by atoms with Crippen LogP contribution in [-0.2, 0) is 14.6 Å². The van der Waals surface area contributed by atoms with Gasteiger partial charge in [-0.1, -0.05) is 64.2 Å². The molecule has 0 saturated heterocycles. The molecule has 0 spiro atoms. The minimum atomic E-state index is -3.20. The summed E-state index contributed by atoms with van der Waals surface area (Å²) in [5.74, 6) is -0.184. The molecule has 0 atom stereocenters. The Hall–Kier alpha value is -0.580. The van der Waals surface area contributed by atoms with Gasteiger partial charge < -0.3 is 5.32 Å². The van der Waals surface area contributed by atoms with Crippen molar-refractivity contribution in [1.82, 2.24) is 5.32 Å². The highest BCUT2D eigenvalue weighted by molar-refractivity contribution is 7.92. The normalized spacial score (nSPS) is 23.3. The molecule has 0 radical (unpaired) electrons. The Morgan fingerprint density at radius 2 is 1.17 bits per heavy atom. The Balaban J connectivity index is 1.83. The van der Waals surface area contributed by atoms with Crippen molar-refractivity contribution in [1.29, 1.82) is 0 Å². The Morgan fingerprint density at radius 1 is 0.739 bits per heavy atom. The maximum atomic E-state index is 12.5. The van der Waals surface area contributed by atoms with Crippen molar-refractivity contribution in [3.63, 3.8) is 0 Å². The molecule has 23 heavy (non-hydrogen) atoms. The molecule has 1 N–H and O–H groups in total. The molecule has 0 heterocycles. The van der Waals surface area contributed by atoms with Crippen LogP contribution in [0.1, 0.15) is 89.9 Å². The molecule has 0 bridgehead atoms. The van der Waals surface area contributed by atoms with Crippen molar-refractivity contribution in [2.45, 2.75) is 95.1 Å². The quantitative estimate of drug-likeness (QED) is 0.840. The number of carbonyl (C=O) groups excluding carboxylic acids is 1. The van der Waals surface area contributed by atoms with E-state index in [1.807, 2.05) is 0 Å². The second kappa shape index (κ2) is 9.65. The van der Waals surface area contributed by atoms with E-state index in [1.165, 1.54) is 25.7 Å². The third-order valence-corrected chi connectivity index (χ3v) is 7.52. The molecular formula is C18H33NO3S. The lowest BCUT2D eigenvalue weighted by atomic mass is 9.91. The minimum Gasteiger partial charge on any atom is -0.342 e. The minimum absolute atomic E-state index is 0.0165. The van der Waals surface area contributed by atoms with Crippen molar-refractivity contribution < 1.29 is 13.2 Å². The first-order chi connectivity index (χ1) is 11.1. The van der Waals surface area contributed by atoms with Crippen LogP contribution in [0.2, 0.25) is 0 Å². The molecule has 2 aliphatic rings. The summed E-state index contributed by atoms with van der Waals surface area (Å²) < 4.78 is 25.1. The van der Waals surface area contributed by atoms with Crippen molar-refractivity contribution in [2.24, 2.45) is 5.92 Å². The van der Waals surface area contributed by atoms with E-state index in [0.717, 1.165) is 64.2 Å². The maximum Gasteiger partial charge on any atom is 0.223 e. The third-order valence-electron chi connectivity index (χ3n) is 5.48. The molecule has 0 unspecified atom stereocenters. The van der Waals surface area contributed by atoms with Crippen LogP contribution < -0.4 is 5.32 Å². The summed E-state index contributed by atoms with van der Waals surface area (Å²) in [5, 5.41) is 2.50. The molecule has 134 valence electrons. The van der Waals surface area contributed by atoms with Crippen molar-refractivity contribution in [3.8, 4) is 0 Å². The zero-order valence-corrected chi connectivity index (χ0v) is 15.2. The van der Waals surface area contributed by atoms with E-state index < -0.39 is 9.84 Å². The van der Waals surface area contributed by atoms with Crippen molar-refractivity contribution in [3.05, 3.63) is 0 Å². The monoisotopic (exact) mass is 343 g/mol. The van der Waals surface area contributed by atoms with Crippen LogP contribution in [0.15, 0.2) is 0 Å². The fraction of sp³-hybridized carbons (Fsp3) is 0.944. The number of sulfone groups is 1. The van der Waals surface area contributed by atoms with Gasteiger partial charge in [0.05, 0.1) is 5.25 Å². The molecule has 2 fully saturated rings. The topological polar surface area (TPSA) is 63.2 Å². The Bertz CT molecular complexity index is 445. The summed E-state index contributed by atoms with van der Waals surface area (Å²) in [5.41, 5.74) is 0. The van der Waals surface area contributed by atoms with E-state index in [1.54, 1.807) is 0 Å². The van der Waals surface area contributed by atoms with Gasteiger partial charge in [-0.25, -0.2) is 8.42 Å². The lowest BCUT2D eigenvalue weighted by Crippen LogP contribution is -2.38. The largest absolute Gasteiger partial charge is 0.342 e. The molecule has 0 aromatic carbocycles. The maximum absolute atomic E-state index is 12.5. The highest BCUT2D eigenvalue weighted by Crippen LogP contribution is 2.24. The second-order valence-corrected chi connectivity index (χ2v) is 9.64. The molecule has 1 amide bonds. The van der Waals surface area contributed by atoms with Crippen LogP contribution >= 0.6 is 0 Å². The molecule has 5 heteroatoms. The lowest BCUT2D eigenvalue weighted by molar-refractivity contribution is -0.125. The van der Waals surface area contributed by atoms with Crippen LogP contribution in [0.4, 0.5) is 0 Å². The van der Waals surface area contributed by atoms with Gasteiger partial charge in [-0.05, 0) is 25.7 Å².